The summed E-state index contributed by atoms with van der Waals surface area (Å²) in [5.74, 6) is 1.42. The van der Waals surface area contributed by atoms with Crippen LogP contribution in [-0.4, -0.2) is 37.2 Å². The van der Waals surface area contributed by atoms with Gasteiger partial charge in [0.25, 0.3) is 0 Å². The van der Waals surface area contributed by atoms with E-state index in [-0.39, 0.29) is 6.10 Å². The molecule has 1 saturated carbocycles. The molecule has 16 heavy (non-hydrogen) atoms. The SMILES string of the molecule is Cn1nnnc1SCC(O)CC1CCCC1. The fourth-order valence-corrected chi connectivity index (χ4v) is 3.01. The number of rotatable bonds is 5. The first-order valence-electron chi connectivity index (χ1n) is 5.79. The van der Waals surface area contributed by atoms with E-state index in [1.807, 2.05) is 7.05 Å². The molecule has 2 rings (SSSR count). The molecule has 0 bridgehead atoms. The van der Waals surface area contributed by atoms with Gasteiger partial charge in [0.05, 0.1) is 6.10 Å². The Kier molecular flexibility index (Phi) is 4.17. The molecule has 1 aromatic rings. The summed E-state index contributed by atoms with van der Waals surface area (Å²) < 4.78 is 1.63. The van der Waals surface area contributed by atoms with Crippen LogP contribution < -0.4 is 0 Å². The molecule has 1 aliphatic rings. The largest absolute Gasteiger partial charge is 0.392 e. The van der Waals surface area contributed by atoms with Gasteiger partial charge in [0.2, 0.25) is 5.16 Å². The van der Waals surface area contributed by atoms with Gasteiger partial charge in [-0.15, -0.1) is 5.10 Å². The number of aliphatic hydroxyl groups is 1. The van der Waals surface area contributed by atoms with E-state index in [2.05, 4.69) is 15.5 Å². The Balaban J connectivity index is 1.71. The van der Waals surface area contributed by atoms with Crippen molar-refractivity contribution >= 4 is 11.8 Å². The van der Waals surface area contributed by atoms with Crippen LogP contribution in [0, 0.1) is 5.92 Å². The summed E-state index contributed by atoms with van der Waals surface area (Å²) in [6, 6.07) is 0. The lowest BCUT2D eigenvalue weighted by atomic mass is 10.0. The molecule has 1 unspecified atom stereocenters. The van der Waals surface area contributed by atoms with E-state index in [1.165, 1.54) is 37.4 Å². The third-order valence-electron chi connectivity index (χ3n) is 3.07. The Hall–Kier alpha value is -0.620. The lowest BCUT2D eigenvalue weighted by molar-refractivity contribution is 0.165. The predicted molar refractivity (Wildman–Crippen MR) is 62.1 cm³/mol. The second kappa shape index (κ2) is 5.63. The lowest BCUT2D eigenvalue weighted by Crippen LogP contribution is -2.14. The molecule has 1 N–H and O–H groups in total. The molecule has 0 amide bonds. The van der Waals surface area contributed by atoms with Crippen LogP contribution in [0.4, 0.5) is 0 Å². The smallest absolute Gasteiger partial charge is 0.209 e. The third-order valence-corrected chi connectivity index (χ3v) is 4.22. The molecule has 0 radical (unpaired) electrons. The number of nitrogens with zero attached hydrogens (tertiary/aromatic N) is 4. The molecule has 0 aliphatic heterocycles. The summed E-state index contributed by atoms with van der Waals surface area (Å²) in [5, 5.41) is 21.9. The van der Waals surface area contributed by atoms with Crippen molar-refractivity contribution in [1.29, 1.82) is 0 Å². The summed E-state index contributed by atoms with van der Waals surface area (Å²) >= 11 is 1.52. The van der Waals surface area contributed by atoms with Crippen LogP contribution in [-0.2, 0) is 7.05 Å². The summed E-state index contributed by atoms with van der Waals surface area (Å²) in [7, 11) is 1.81. The molecule has 0 saturated heterocycles. The Labute approximate surface area is 99.6 Å². The number of thioether (sulfide) groups is 1. The quantitative estimate of drug-likeness (QED) is 0.787. The fraction of sp³-hybridized carbons (Fsp3) is 0.900. The first kappa shape index (κ1) is 11.9. The van der Waals surface area contributed by atoms with Crippen LogP contribution in [0.15, 0.2) is 5.16 Å². The average molecular weight is 242 g/mol. The Bertz CT molecular complexity index is 324. The van der Waals surface area contributed by atoms with Gasteiger partial charge in [-0.2, -0.15) is 0 Å². The van der Waals surface area contributed by atoms with E-state index in [9.17, 15) is 5.11 Å². The first-order chi connectivity index (χ1) is 7.75. The fourth-order valence-electron chi connectivity index (χ4n) is 2.21. The zero-order chi connectivity index (χ0) is 11.4. The molecule has 1 heterocycles. The molecule has 6 heteroatoms. The maximum absolute atomic E-state index is 9.90. The minimum Gasteiger partial charge on any atom is -0.392 e. The van der Waals surface area contributed by atoms with Gasteiger partial charge >= 0.3 is 0 Å². The molecule has 1 aromatic heterocycles. The number of aryl methyl sites for hydroxylation is 1. The standard InChI is InChI=1S/C10H18N4OS/c1-14-10(11-12-13-14)16-7-9(15)6-8-4-2-3-5-8/h8-9,15H,2-7H2,1H3. The molecule has 90 valence electrons. The monoisotopic (exact) mass is 242 g/mol. The Morgan fingerprint density at radius 2 is 2.25 bits per heavy atom. The zero-order valence-corrected chi connectivity index (χ0v) is 10.4. The average Bonchev–Trinajstić information content (AvgIpc) is 2.87. The van der Waals surface area contributed by atoms with E-state index in [4.69, 9.17) is 0 Å². The highest BCUT2D eigenvalue weighted by Gasteiger charge is 2.19. The minimum absolute atomic E-state index is 0.232. The number of aliphatic hydroxyl groups excluding tert-OH is 1. The normalized spacial score (nSPS) is 19.1. The molecule has 1 aliphatic carbocycles. The van der Waals surface area contributed by atoms with E-state index < -0.39 is 0 Å². The number of hydrogen-bond acceptors (Lipinski definition) is 5. The highest BCUT2D eigenvalue weighted by molar-refractivity contribution is 7.99. The molecular weight excluding hydrogens is 224 g/mol. The van der Waals surface area contributed by atoms with Crippen molar-refractivity contribution in [3.05, 3.63) is 0 Å². The summed E-state index contributed by atoms with van der Waals surface area (Å²) in [6.07, 6.45) is 5.93. The molecule has 1 fully saturated rings. The van der Waals surface area contributed by atoms with Crippen molar-refractivity contribution in [2.45, 2.75) is 43.4 Å². The van der Waals surface area contributed by atoms with Crippen molar-refractivity contribution in [2.24, 2.45) is 13.0 Å². The van der Waals surface area contributed by atoms with Crippen molar-refractivity contribution < 1.29 is 5.11 Å². The van der Waals surface area contributed by atoms with E-state index in [1.54, 1.807) is 4.68 Å². The second-order valence-electron chi connectivity index (χ2n) is 4.44. The maximum atomic E-state index is 9.90. The Morgan fingerprint density at radius 3 is 2.88 bits per heavy atom. The van der Waals surface area contributed by atoms with Crippen molar-refractivity contribution in [2.75, 3.05) is 5.75 Å². The molecule has 0 spiro atoms. The second-order valence-corrected chi connectivity index (χ2v) is 5.42. The lowest BCUT2D eigenvalue weighted by Gasteiger charge is -2.14. The van der Waals surface area contributed by atoms with E-state index in [0.717, 1.165) is 17.5 Å². The van der Waals surface area contributed by atoms with Crippen molar-refractivity contribution in [3.8, 4) is 0 Å². The summed E-state index contributed by atoms with van der Waals surface area (Å²) in [5.41, 5.74) is 0. The zero-order valence-electron chi connectivity index (χ0n) is 9.54. The molecule has 1 atom stereocenters. The summed E-state index contributed by atoms with van der Waals surface area (Å²) in [4.78, 5) is 0. The first-order valence-corrected chi connectivity index (χ1v) is 6.77. The van der Waals surface area contributed by atoms with Gasteiger partial charge in [0, 0.05) is 12.8 Å². The van der Waals surface area contributed by atoms with Gasteiger partial charge in [0.15, 0.2) is 0 Å². The van der Waals surface area contributed by atoms with Crippen LogP contribution >= 0.6 is 11.8 Å². The van der Waals surface area contributed by atoms with Gasteiger partial charge in [0.1, 0.15) is 0 Å². The molecule has 5 nitrogen and oxygen atoms in total. The van der Waals surface area contributed by atoms with Crippen LogP contribution in [0.2, 0.25) is 0 Å². The molecule has 0 aromatic carbocycles. The highest BCUT2D eigenvalue weighted by Crippen LogP contribution is 2.29. The summed E-state index contributed by atoms with van der Waals surface area (Å²) in [6.45, 7) is 0. The topological polar surface area (TPSA) is 63.8 Å². The van der Waals surface area contributed by atoms with Gasteiger partial charge in [-0.25, -0.2) is 4.68 Å². The number of tetrazole rings is 1. The predicted octanol–water partition coefficient (Wildman–Crippen LogP) is 1.24. The maximum Gasteiger partial charge on any atom is 0.209 e. The molecular formula is C10H18N4OS. The van der Waals surface area contributed by atoms with E-state index >= 15 is 0 Å². The minimum atomic E-state index is -0.232. The van der Waals surface area contributed by atoms with Crippen LogP contribution in [0.3, 0.4) is 0 Å². The van der Waals surface area contributed by atoms with Crippen LogP contribution in [0.25, 0.3) is 0 Å². The van der Waals surface area contributed by atoms with Gasteiger partial charge in [-0.3, -0.25) is 0 Å². The highest BCUT2D eigenvalue weighted by atomic mass is 32.2. The van der Waals surface area contributed by atoms with Crippen molar-refractivity contribution in [1.82, 2.24) is 20.2 Å². The number of aromatic nitrogens is 4. The van der Waals surface area contributed by atoms with Gasteiger partial charge < -0.3 is 5.11 Å². The van der Waals surface area contributed by atoms with Crippen molar-refractivity contribution in [3.63, 3.8) is 0 Å². The Morgan fingerprint density at radius 1 is 1.50 bits per heavy atom. The van der Waals surface area contributed by atoms with Crippen LogP contribution in [0.1, 0.15) is 32.1 Å². The van der Waals surface area contributed by atoms with Crippen LogP contribution in [0.5, 0.6) is 0 Å². The number of hydrogen-bond donors (Lipinski definition) is 1. The van der Waals surface area contributed by atoms with Gasteiger partial charge in [-0.05, 0) is 22.8 Å². The van der Waals surface area contributed by atoms with Gasteiger partial charge in [-0.1, -0.05) is 37.4 Å². The van der Waals surface area contributed by atoms with E-state index in [0.29, 0.717) is 5.75 Å². The third kappa shape index (κ3) is 3.18.